The minimum Gasteiger partial charge on any atom is -0.454 e. The van der Waals surface area contributed by atoms with Crippen molar-refractivity contribution in [2.24, 2.45) is 0 Å². The first kappa shape index (κ1) is 23.8. The molecule has 0 aliphatic carbocycles. The van der Waals surface area contributed by atoms with Crippen molar-refractivity contribution in [1.29, 1.82) is 0 Å². The Hall–Kier alpha value is -3.95. The van der Waals surface area contributed by atoms with Gasteiger partial charge in [0.25, 0.3) is 11.5 Å². The van der Waals surface area contributed by atoms with Crippen molar-refractivity contribution in [3.63, 3.8) is 0 Å². The molecule has 0 saturated carbocycles. The molecule has 0 unspecified atom stereocenters. The van der Waals surface area contributed by atoms with E-state index < -0.39 is 11.2 Å². The second-order valence-electron chi connectivity index (χ2n) is 8.11. The highest BCUT2D eigenvalue weighted by atomic mass is 35.5. The van der Waals surface area contributed by atoms with Gasteiger partial charge in [-0.3, -0.25) is 14.6 Å². The Morgan fingerprint density at radius 3 is 2.42 bits per heavy atom. The van der Waals surface area contributed by atoms with E-state index in [1.165, 1.54) is 24.3 Å². The van der Waals surface area contributed by atoms with Crippen molar-refractivity contribution in [2.45, 2.75) is 13.0 Å². The van der Waals surface area contributed by atoms with Gasteiger partial charge in [-0.25, -0.2) is 9.18 Å². The number of rotatable bonds is 5. The van der Waals surface area contributed by atoms with E-state index in [-0.39, 0.29) is 33.2 Å². The van der Waals surface area contributed by atoms with E-state index in [0.717, 1.165) is 22.0 Å². The van der Waals surface area contributed by atoms with E-state index in [1.807, 2.05) is 0 Å². The molecule has 5 rings (SSSR count). The van der Waals surface area contributed by atoms with Gasteiger partial charge in [0, 0.05) is 18.7 Å². The quantitative estimate of drug-likeness (QED) is 0.416. The number of fused-ring (bicyclic) bond motifs is 1. The number of hydrogen-bond donors (Lipinski definition) is 1. The molecule has 0 fully saturated rings. The fourth-order valence-electron chi connectivity index (χ4n) is 3.96. The lowest BCUT2D eigenvalue weighted by Crippen LogP contribution is -2.37. The number of halogens is 3. The molecule has 1 aliphatic rings. The number of H-pyrrole nitrogens is 1. The number of carbonyl (C=O) groups is 1. The third kappa shape index (κ3) is 4.75. The molecule has 3 aromatic carbocycles. The maximum Gasteiger partial charge on any atom is 0.349 e. The van der Waals surface area contributed by atoms with Crippen molar-refractivity contribution >= 4 is 29.1 Å². The molecule has 0 radical (unpaired) electrons. The largest absolute Gasteiger partial charge is 0.454 e. The van der Waals surface area contributed by atoms with E-state index >= 15 is 0 Å². The number of amides is 1. The molecule has 0 saturated heterocycles. The van der Waals surface area contributed by atoms with Crippen molar-refractivity contribution in [1.82, 2.24) is 19.7 Å². The van der Waals surface area contributed by atoms with Crippen LogP contribution in [0.1, 0.15) is 21.5 Å². The lowest BCUT2D eigenvalue weighted by molar-refractivity contribution is 0.0727. The average molecular weight is 527 g/mol. The number of hydrogen-bond acceptors (Lipinski definition) is 5. The first-order valence-electron chi connectivity index (χ1n) is 10.8. The molecule has 1 N–H and O–H groups in total. The number of benzene rings is 3. The Kier molecular flexibility index (Phi) is 6.34. The van der Waals surface area contributed by atoms with Gasteiger partial charge in [-0.05, 0) is 60.0 Å². The summed E-state index contributed by atoms with van der Waals surface area (Å²) in [5, 5.41) is 4.03. The highest BCUT2D eigenvalue weighted by Crippen LogP contribution is 2.38. The predicted octanol–water partition coefficient (Wildman–Crippen LogP) is 4.36. The number of nitrogens with one attached hydrogen (secondary N) is 1. The van der Waals surface area contributed by atoms with Crippen molar-refractivity contribution in [3.05, 3.63) is 114 Å². The van der Waals surface area contributed by atoms with E-state index in [0.29, 0.717) is 30.8 Å². The molecule has 36 heavy (non-hydrogen) atoms. The summed E-state index contributed by atoms with van der Waals surface area (Å²) in [6.07, 6.45) is 1.57. The molecule has 11 heteroatoms. The number of ether oxygens (including phenoxy) is 1. The topological polar surface area (TPSA) is 97.3 Å². The van der Waals surface area contributed by atoms with Gasteiger partial charge in [-0.1, -0.05) is 35.3 Å². The molecular weight excluding hydrogens is 510 g/mol. The number of carbonyl (C=O) groups excluding carboxylic acids is 1. The average Bonchev–Trinajstić information content (AvgIpc) is 2.84. The zero-order valence-electron chi connectivity index (χ0n) is 18.5. The van der Waals surface area contributed by atoms with E-state index in [1.54, 1.807) is 35.2 Å². The fraction of sp³-hybridized carbons (Fsp3) is 0.120. The van der Waals surface area contributed by atoms with Crippen LogP contribution in [0.3, 0.4) is 0 Å². The van der Waals surface area contributed by atoms with Crippen LogP contribution >= 0.6 is 23.2 Å². The Bertz CT molecular complexity index is 1580. The highest BCUT2D eigenvalue weighted by Gasteiger charge is 2.25. The second kappa shape index (κ2) is 9.60. The maximum absolute atomic E-state index is 13.2. The van der Waals surface area contributed by atoms with Gasteiger partial charge >= 0.3 is 5.69 Å². The SMILES string of the molecule is O=C1c2ccc(Oc3c(Cl)cc(-n4ncc(=O)[nH]c4=O)cc3Cl)cc2CCN1Cc1ccc(F)cc1. The van der Waals surface area contributed by atoms with Gasteiger partial charge < -0.3 is 9.64 Å². The lowest BCUT2D eigenvalue weighted by atomic mass is 9.98. The van der Waals surface area contributed by atoms with Crippen LogP contribution in [-0.2, 0) is 13.0 Å². The second-order valence-corrected chi connectivity index (χ2v) is 8.93. The first-order valence-corrected chi connectivity index (χ1v) is 11.6. The molecule has 2 heterocycles. The Morgan fingerprint density at radius 2 is 1.72 bits per heavy atom. The summed E-state index contributed by atoms with van der Waals surface area (Å²) < 4.78 is 20.0. The van der Waals surface area contributed by atoms with Crippen molar-refractivity contribution < 1.29 is 13.9 Å². The van der Waals surface area contributed by atoms with Crippen LogP contribution in [0.4, 0.5) is 4.39 Å². The monoisotopic (exact) mass is 526 g/mol. The molecule has 1 aliphatic heterocycles. The summed E-state index contributed by atoms with van der Waals surface area (Å²) in [6.45, 7) is 0.894. The van der Waals surface area contributed by atoms with Gasteiger partial charge in [0.2, 0.25) is 0 Å². The number of aromatic nitrogens is 3. The summed E-state index contributed by atoms with van der Waals surface area (Å²) in [4.78, 5) is 40.1. The molecule has 1 aromatic heterocycles. The minimum atomic E-state index is -0.740. The van der Waals surface area contributed by atoms with Crippen LogP contribution in [0.25, 0.3) is 5.69 Å². The summed E-state index contributed by atoms with van der Waals surface area (Å²) in [5.41, 5.74) is 1.11. The molecule has 0 atom stereocenters. The van der Waals surface area contributed by atoms with Crippen LogP contribution in [-0.4, -0.2) is 32.1 Å². The smallest absolute Gasteiger partial charge is 0.349 e. The predicted molar refractivity (Wildman–Crippen MR) is 132 cm³/mol. The molecule has 4 aromatic rings. The van der Waals surface area contributed by atoms with Crippen molar-refractivity contribution in [2.75, 3.05) is 6.54 Å². The molecular formula is C25H17Cl2FN4O4. The standard InChI is InChI=1S/C25H17Cl2FN4O4/c26-20-10-17(32-25(35)30-22(33)12-29-32)11-21(27)23(20)36-18-5-6-19-15(9-18)7-8-31(24(19)34)13-14-1-3-16(28)4-2-14/h1-6,9-12H,7-8,13H2,(H,30,33,35). The van der Waals surface area contributed by atoms with Gasteiger partial charge in [0.1, 0.15) is 17.8 Å². The first-order chi connectivity index (χ1) is 17.3. The maximum atomic E-state index is 13.2. The van der Waals surface area contributed by atoms with Gasteiger partial charge in [0.05, 0.1) is 15.7 Å². The van der Waals surface area contributed by atoms with Crippen LogP contribution in [0, 0.1) is 5.82 Å². The lowest BCUT2D eigenvalue weighted by Gasteiger charge is -2.29. The molecule has 0 bridgehead atoms. The van der Waals surface area contributed by atoms with Crippen LogP contribution in [0.2, 0.25) is 10.0 Å². The Labute approximate surface area is 213 Å². The van der Waals surface area contributed by atoms with Crippen LogP contribution < -0.4 is 16.0 Å². The van der Waals surface area contributed by atoms with Crippen molar-refractivity contribution in [3.8, 4) is 17.2 Å². The third-order valence-corrected chi connectivity index (χ3v) is 6.25. The van der Waals surface area contributed by atoms with Gasteiger partial charge in [-0.2, -0.15) is 9.78 Å². The number of aromatic amines is 1. The fourth-order valence-corrected chi connectivity index (χ4v) is 4.51. The van der Waals surface area contributed by atoms with E-state index in [9.17, 15) is 18.8 Å². The van der Waals surface area contributed by atoms with Crippen LogP contribution in [0.15, 0.2) is 70.4 Å². The minimum absolute atomic E-state index is 0.119. The molecule has 1 amide bonds. The number of nitrogens with zero attached hydrogens (tertiary/aromatic N) is 3. The summed E-state index contributed by atoms with van der Waals surface area (Å²) in [7, 11) is 0. The van der Waals surface area contributed by atoms with E-state index in [4.69, 9.17) is 27.9 Å². The normalized spacial score (nSPS) is 13.0. The summed E-state index contributed by atoms with van der Waals surface area (Å²) in [5.74, 6) is 0.161. The zero-order chi connectivity index (χ0) is 25.4. The van der Waals surface area contributed by atoms with Crippen LogP contribution in [0.5, 0.6) is 11.5 Å². The summed E-state index contributed by atoms with van der Waals surface area (Å²) in [6, 6.07) is 14.0. The zero-order valence-corrected chi connectivity index (χ0v) is 20.0. The van der Waals surface area contributed by atoms with E-state index in [2.05, 4.69) is 10.1 Å². The summed E-state index contributed by atoms with van der Waals surface area (Å²) >= 11 is 12.8. The third-order valence-electron chi connectivity index (χ3n) is 5.69. The highest BCUT2D eigenvalue weighted by molar-refractivity contribution is 6.37. The molecule has 8 nitrogen and oxygen atoms in total. The van der Waals surface area contributed by atoms with Gasteiger partial charge in [0.15, 0.2) is 5.75 Å². The molecule has 182 valence electrons. The Morgan fingerprint density at radius 1 is 1.00 bits per heavy atom. The van der Waals surface area contributed by atoms with Gasteiger partial charge in [-0.15, -0.1) is 0 Å². The Balaban J connectivity index is 1.36. The molecule has 0 spiro atoms.